The summed E-state index contributed by atoms with van der Waals surface area (Å²) in [5, 5.41) is 18.1. The molecule has 2 aliphatic rings. The van der Waals surface area contributed by atoms with Gasteiger partial charge in [0.1, 0.15) is 23.4 Å². The zero-order valence-corrected chi connectivity index (χ0v) is 25.3. The molecule has 2 aliphatic heterocycles. The highest BCUT2D eigenvalue weighted by molar-refractivity contribution is 7.89. The van der Waals surface area contributed by atoms with Crippen molar-refractivity contribution in [3.05, 3.63) is 66.5 Å². The van der Waals surface area contributed by atoms with Gasteiger partial charge in [-0.05, 0) is 57.5 Å². The van der Waals surface area contributed by atoms with E-state index in [1.807, 2.05) is 30.3 Å². The van der Waals surface area contributed by atoms with Crippen molar-refractivity contribution in [2.75, 3.05) is 39.9 Å². The Labute approximate surface area is 246 Å². The quantitative estimate of drug-likeness (QED) is 0.289. The first-order valence-corrected chi connectivity index (χ1v) is 16.8. The Hall–Kier alpha value is -2.85. The average molecular weight is 620 g/mol. The topological polar surface area (TPSA) is 152 Å². The average Bonchev–Trinajstić information content (AvgIpc) is 3.59. The number of aliphatic hydroxyl groups excluding tert-OH is 1. The van der Waals surface area contributed by atoms with E-state index >= 15 is 0 Å². The number of hydrogen-bond acceptors (Lipinski definition) is 9. The molecule has 0 bridgehead atoms. The summed E-state index contributed by atoms with van der Waals surface area (Å²) in [6.45, 7) is 3.19. The Morgan fingerprint density at radius 1 is 1.12 bits per heavy atom. The molecule has 3 aromatic rings. The predicted octanol–water partition coefficient (Wildman–Crippen LogP) is 1.43. The summed E-state index contributed by atoms with van der Waals surface area (Å²) in [5.41, 5.74) is 0.965. The molecule has 2 saturated heterocycles. The molecule has 0 saturated carbocycles. The molecule has 2 atom stereocenters. The van der Waals surface area contributed by atoms with Gasteiger partial charge in [0.05, 0.1) is 34.7 Å². The molecule has 2 fully saturated rings. The standard InChI is InChI=1S/C28H37N5O7S2/c1-21-27(18-31-33(21)23-7-4-3-5-8-23)42(37,38)32-13-11-28(12-14-32)16-22(19-40-28)30-17-24(34)20-39-25-9-6-10-26(15-25)41(35,36)29-2/h3-10,15,18,22,24,29-30,34H,11-14,16-17,19-20H2,1-2H3/t22?,24-/m0/s1. The Balaban J connectivity index is 1.10. The fraction of sp³-hybridized carbons (Fsp3) is 0.464. The number of piperidine rings is 1. The second-order valence-corrected chi connectivity index (χ2v) is 14.5. The van der Waals surface area contributed by atoms with Crippen molar-refractivity contribution < 1.29 is 31.4 Å². The first kappa shape index (κ1) is 30.6. The van der Waals surface area contributed by atoms with Crippen LogP contribution in [0.5, 0.6) is 5.75 Å². The lowest BCUT2D eigenvalue weighted by Crippen LogP contribution is -2.47. The third-order valence-electron chi connectivity index (χ3n) is 7.90. The molecule has 42 heavy (non-hydrogen) atoms. The monoisotopic (exact) mass is 619 g/mol. The number of hydrogen-bond donors (Lipinski definition) is 3. The van der Waals surface area contributed by atoms with Gasteiger partial charge < -0.3 is 19.9 Å². The van der Waals surface area contributed by atoms with Crippen LogP contribution in [0.3, 0.4) is 0 Å². The second-order valence-electron chi connectivity index (χ2n) is 10.7. The summed E-state index contributed by atoms with van der Waals surface area (Å²) in [6, 6.07) is 15.5. The van der Waals surface area contributed by atoms with Gasteiger partial charge in [-0.15, -0.1) is 0 Å². The Kier molecular flexibility index (Phi) is 9.04. The Bertz CT molecular complexity index is 1590. The molecule has 5 rings (SSSR count). The fourth-order valence-corrected chi connectivity index (χ4v) is 7.82. The van der Waals surface area contributed by atoms with E-state index < -0.39 is 31.8 Å². The molecule has 3 heterocycles. The molecular weight excluding hydrogens is 582 g/mol. The van der Waals surface area contributed by atoms with Crippen molar-refractivity contribution in [2.24, 2.45) is 0 Å². The largest absolute Gasteiger partial charge is 0.491 e. The SMILES string of the molecule is CNS(=O)(=O)c1cccc(OC[C@@H](O)CNC2COC3(CCN(S(=O)(=O)c4cnn(-c5ccccc5)c4C)CC3)C2)c1. The van der Waals surface area contributed by atoms with E-state index in [0.29, 0.717) is 50.4 Å². The molecule has 14 heteroatoms. The number of nitrogens with one attached hydrogen (secondary N) is 2. The summed E-state index contributed by atoms with van der Waals surface area (Å²) in [7, 11) is -5.96. The molecule has 0 aliphatic carbocycles. The van der Waals surface area contributed by atoms with Crippen molar-refractivity contribution in [1.29, 1.82) is 0 Å². The van der Waals surface area contributed by atoms with Crippen molar-refractivity contribution in [3.8, 4) is 11.4 Å². The molecule has 1 unspecified atom stereocenters. The zero-order valence-electron chi connectivity index (χ0n) is 23.6. The minimum atomic E-state index is -3.71. The first-order chi connectivity index (χ1) is 20.0. The maximum Gasteiger partial charge on any atom is 0.246 e. The van der Waals surface area contributed by atoms with Gasteiger partial charge >= 0.3 is 0 Å². The second kappa shape index (κ2) is 12.4. The molecule has 228 valence electrons. The molecule has 1 aromatic heterocycles. The Morgan fingerprint density at radius 2 is 1.86 bits per heavy atom. The summed E-state index contributed by atoms with van der Waals surface area (Å²) >= 11 is 0. The van der Waals surface area contributed by atoms with Crippen LogP contribution >= 0.6 is 0 Å². The summed E-state index contributed by atoms with van der Waals surface area (Å²) in [6.07, 6.45) is 2.47. The number of aliphatic hydroxyl groups is 1. The van der Waals surface area contributed by atoms with Crippen LogP contribution in [-0.4, -0.2) is 93.7 Å². The number of sulfonamides is 2. The summed E-state index contributed by atoms with van der Waals surface area (Å²) < 4.78 is 68.2. The van der Waals surface area contributed by atoms with E-state index in [4.69, 9.17) is 9.47 Å². The lowest BCUT2D eigenvalue weighted by Gasteiger charge is -2.38. The minimum Gasteiger partial charge on any atom is -0.491 e. The smallest absolute Gasteiger partial charge is 0.246 e. The Morgan fingerprint density at radius 3 is 2.57 bits per heavy atom. The first-order valence-electron chi connectivity index (χ1n) is 13.8. The van der Waals surface area contributed by atoms with E-state index in [1.54, 1.807) is 23.7 Å². The number of ether oxygens (including phenoxy) is 2. The van der Waals surface area contributed by atoms with Crippen LogP contribution in [0.2, 0.25) is 0 Å². The molecule has 12 nitrogen and oxygen atoms in total. The minimum absolute atomic E-state index is 0.0120. The van der Waals surface area contributed by atoms with E-state index in [-0.39, 0.29) is 29.0 Å². The highest BCUT2D eigenvalue weighted by atomic mass is 32.2. The normalized spacial score (nSPS) is 20.1. The van der Waals surface area contributed by atoms with E-state index in [0.717, 1.165) is 5.69 Å². The maximum absolute atomic E-state index is 13.5. The van der Waals surface area contributed by atoms with Crippen LogP contribution in [-0.2, 0) is 24.8 Å². The molecule has 3 N–H and O–H groups in total. The van der Waals surface area contributed by atoms with E-state index in [9.17, 15) is 21.9 Å². The van der Waals surface area contributed by atoms with Gasteiger partial charge in [-0.3, -0.25) is 0 Å². The van der Waals surface area contributed by atoms with Gasteiger partial charge in [0.2, 0.25) is 20.0 Å². The lowest BCUT2D eigenvalue weighted by molar-refractivity contribution is -0.0312. The lowest BCUT2D eigenvalue weighted by atomic mass is 9.88. The highest BCUT2D eigenvalue weighted by Gasteiger charge is 2.45. The van der Waals surface area contributed by atoms with Crippen LogP contribution in [0.15, 0.2) is 70.6 Å². The highest BCUT2D eigenvalue weighted by Crippen LogP contribution is 2.37. The van der Waals surface area contributed by atoms with Gasteiger partial charge in [0.25, 0.3) is 0 Å². The van der Waals surface area contributed by atoms with E-state index in [2.05, 4.69) is 15.1 Å². The third-order valence-corrected chi connectivity index (χ3v) is 11.3. The van der Waals surface area contributed by atoms with Crippen LogP contribution in [0.1, 0.15) is 25.0 Å². The maximum atomic E-state index is 13.5. The molecule has 0 radical (unpaired) electrons. The molecule has 0 amide bonds. The molecular formula is C28H37N5O7S2. The van der Waals surface area contributed by atoms with Gasteiger partial charge in [0, 0.05) is 31.7 Å². The van der Waals surface area contributed by atoms with Crippen molar-refractivity contribution in [3.63, 3.8) is 0 Å². The third kappa shape index (κ3) is 6.54. The van der Waals surface area contributed by atoms with Gasteiger partial charge in [-0.25, -0.2) is 26.2 Å². The molecule has 1 spiro atoms. The number of nitrogens with zero attached hydrogens (tertiary/aromatic N) is 3. The van der Waals surface area contributed by atoms with Crippen LogP contribution in [0.25, 0.3) is 5.69 Å². The van der Waals surface area contributed by atoms with Crippen molar-refractivity contribution in [2.45, 2.75) is 53.7 Å². The van der Waals surface area contributed by atoms with Crippen LogP contribution < -0.4 is 14.8 Å². The number of para-hydroxylation sites is 1. The molecule has 2 aromatic carbocycles. The fourth-order valence-electron chi connectivity index (χ4n) is 5.48. The zero-order chi connectivity index (χ0) is 30.0. The summed E-state index contributed by atoms with van der Waals surface area (Å²) in [4.78, 5) is 0.292. The van der Waals surface area contributed by atoms with Crippen molar-refractivity contribution in [1.82, 2.24) is 24.1 Å². The van der Waals surface area contributed by atoms with Gasteiger partial charge in [-0.2, -0.15) is 9.40 Å². The van der Waals surface area contributed by atoms with Gasteiger partial charge in [0.15, 0.2) is 0 Å². The number of benzene rings is 2. The van der Waals surface area contributed by atoms with Crippen LogP contribution in [0.4, 0.5) is 0 Å². The van der Waals surface area contributed by atoms with Gasteiger partial charge in [-0.1, -0.05) is 24.3 Å². The predicted molar refractivity (Wildman–Crippen MR) is 156 cm³/mol. The summed E-state index contributed by atoms with van der Waals surface area (Å²) in [5.74, 6) is 0.345. The number of aromatic nitrogens is 2. The number of rotatable bonds is 11. The van der Waals surface area contributed by atoms with Crippen LogP contribution in [0, 0.1) is 6.92 Å². The van der Waals surface area contributed by atoms with E-state index in [1.165, 1.54) is 29.7 Å². The van der Waals surface area contributed by atoms with Crippen molar-refractivity contribution >= 4 is 20.0 Å².